The fourth-order valence-electron chi connectivity index (χ4n) is 2.94. The predicted octanol–water partition coefficient (Wildman–Crippen LogP) is 3.13. The van der Waals surface area contributed by atoms with Gasteiger partial charge in [-0.25, -0.2) is 4.98 Å². The lowest BCUT2D eigenvalue weighted by Crippen LogP contribution is -2.35. The molecule has 0 radical (unpaired) electrons. The Kier molecular flexibility index (Phi) is 3.36. The Morgan fingerprint density at radius 1 is 1.37 bits per heavy atom. The molecular formula is C13H18N4OS. The monoisotopic (exact) mass is 278 g/mol. The highest BCUT2D eigenvalue weighted by molar-refractivity contribution is 7.07. The van der Waals surface area contributed by atoms with Crippen LogP contribution in [0, 0.1) is 0 Å². The largest absolute Gasteiger partial charge is 0.337 e. The smallest absolute Gasteiger partial charge is 0.244 e. The summed E-state index contributed by atoms with van der Waals surface area (Å²) < 4.78 is 5.42. The van der Waals surface area contributed by atoms with Crippen LogP contribution in [0.2, 0.25) is 0 Å². The van der Waals surface area contributed by atoms with Gasteiger partial charge in [0.2, 0.25) is 11.7 Å². The van der Waals surface area contributed by atoms with Gasteiger partial charge in [-0.3, -0.25) is 4.90 Å². The summed E-state index contributed by atoms with van der Waals surface area (Å²) >= 11 is 1.53. The molecule has 0 aliphatic carbocycles. The van der Waals surface area contributed by atoms with Crippen LogP contribution in [-0.2, 0) is 0 Å². The molecule has 2 aromatic heterocycles. The molecule has 2 aromatic rings. The highest BCUT2D eigenvalue weighted by Crippen LogP contribution is 2.33. The minimum Gasteiger partial charge on any atom is -0.337 e. The zero-order chi connectivity index (χ0) is 13.4. The number of hydrogen-bond acceptors (Lipinski definition) is 6. The van der Waals surface area contributed by atoms with Gasteiger partial charge in [0.25, 0.3) is 0 Å². The van der Waals surface area contributed by atoms with Gasteiger partial charge in [0.05, 0.1) is 11.6 Å². The zero-order valence-electron chi connectivity index (χ0n) is 11.4. The molecule has 1 saturated heterocycles. The van der Waals surface area contributed by atoms with E-state index in [1.165, 1.54) is 24.2 Å². The van der Waals surface area contributed by atoms with E-state index >= 15 is 0 Å². The van der Waals surface area contributed by atoms with Gasteiger partial charge < -0.3 is 4.52 Å². The van der Waals surface area contributed by atoms with E-state index in [1.807, 2.05) is 5.38 Å². The molecule has 6 heteroatoms. The topological polar surface area (TPSA) is 55.1 Å². The molecule has 3 rings (SSSR count). The minimum atomic E-state index is 0.160. The fraction of sp³-hybridized carbons (Fsp3) is 0.615. The summed E-state index contributed by atoms with van der Waals surface area (Å²) in [5, 5.41) is 5.96. The third-order valence-electron chi connectivity index (χ3n) is 3.93. The number of thiazole rings is 1. The molecule has 19 heavy (non-hydrogen) atoms. The van der Waals surface area contributed by atoms with E-state index in [0.717, 1.165) is 5.69 Å². The van der Waals surface area contributed by atoms with E-state index in [4.69, 9.17) is 4.52 Å². The molecule has 1 aliphatic heterocycles. The van der Waals surface area contributed by atoms with Gasteiger partial charge >= 0.3 is 0 Å². The van der Waals surface area contributed by atoms with Crippen molar-refractivity contribution in [2.24, 2.45) is 0 Å². The van der Waals surface area contributed by atoms with Crippen LogP contribution in [0.15, 0.2) is 15.4 Å². The third-order valence-corrected chi connectivity index (χ3v) is 4.51. The number of hydrogen-bond donors (Lipinski definition) is 0. The molecule has 0 spiro atoms. The Bertz CT molecular complexity index is 529. The molecule has 5 nitrogen and oxygen atoms in total. The van der Waals surface area contributed by atoms with Gasteiger partial charge in [-0.2, -0.15) is 4.98 Å². The maximum absolute atomic E-state index is 5.42. The molecule has 3 atom stereocenters. The van der Waals surface area contributed by atoms with Crippen molar-refractivity contribution in [1.29, 1.82) is 0 Å². The number of nitrogens with zero attached hydrogens (tertiary/aromatic N) is 4. The molecule has 0 amide bonds. The second-order valence-corrected chi connectivity index (χ2v) is 5.95. The van der Waals surface area contributed by atoms with Crippen LogP contribution in [0.3, 0.4) is 0 Å². The summed E-state index contributed by atoms with van der Waals surface area (Å²) in [6, 6.07) is 1.30. The Morgan fingerprint density at radius 2 is 2.11 bits per heavy atom. The predicted molar refractivity (Wildman–Crippen MR) is 73.8 cm³/mol. The molecule has 0 saturated carbocycles. The van der Waals surface area contributed by atoms with Gasteiger partial charge in [-0.05, 0) is 33.6 Å². The maximum Gasteiger partial charge on any atom is 0.244 e. The van der Waals surface area contributed by atoms with Crippen molar-refractivity contribution in [3.05, 3.63) is 16.8 Å². The average molecular weight is 278 g/mol. The van der Waals surface area contributed by atoms with Crippen molar-refractivity contribution < 1.29 is 4.52 Å². The highest BCUT2D eigenvalue weighted by Gasteiger charge is 2.34. The number of aromatic nitrogens is 3. The molecule has 3 heterocycles. The summed E-state index contributed by atoms with van der Waals surface area (Å²) in [6.45, 7) is 6.66. The number of likely N-dealkylation sites (tertiary alicyclic amines) is 1. The summed E-state index contributed by atoms with van der Waals surface area (Å²) in [5.74, 6) is 1.27. The van der Waals surface area contributed by atoms with Crippen LogP contribution in [0.1, 0.15) is 45.5 Å². The first-order valence-electron chi connectivity index (χ1n) is 6.66. The quantitative estimate of drug-likeness (QED) is 0.863. The van der Waals surface area contributed by atoms with Crippen molar-refractivity contribution in [2.75, 3.05) is 0 Å². The standard InChI is InChI=1S/C13H18N4OS/c1-8-4-5-9(2)17(8)10(3)13-15-12(16-18-13)11-6-19-7-14-11/h6-10H,4-5H2,1-3H3. The second-order valence-electron chi connectivity index (χ2n) is 5.23. The maximum atomic E-state index is 5.42. The van der Waals surface area contributed by atoms with E-state index in [-0.39, 0.29) is 6.04 Å². The van der Waals surface area contributed by atoms with Gasteiger partial charge in [0.1, 0.15) is 5.69 Å². The fourth-order valence-corrected chi connectivity index (χ4v) is 3.47. The third kappa shape index (κ3) is 2.30. The van der Waals surface area contributed by atoms with Gasteiger partial charge in [0, 0.05) is 17.5 Å². The van der Waals surface area contributed by atoms with Crippen molar-refractivity contribution >= 4 is 11.3 Å². The normalized spacial score (nSPS) is 25.8. The molecule has 0 N–H and O–H groups in total. The SMILES string of the molecule is CC1CCC(C)N1C(C)c1nc(-c2cscn2)no1. The molecular weight excluding hydrogens is 260 g/mol. The van der Waals surface area contributed by atoms with E-state index in [2.05, 4.69) is 40.8 Å². The van der Waals surface area contributed by atoms with Crippen LogP contribution in [0.25, 0.3) is 11.5 Å². The summed E-state index contributed by atoms with van der Waals surface area (Å²) in [6.07, 6.45) is 2.47. The van der Waals surface area contributed by atoms with Crippen molar-refractivity contribution in [3.8, 4) is 11.5 Å². The lowest BCUT2D eigenvalue weighted by molar-refractivity contribution is 0.128. The molecule has 1 aliphatic rings. The van der Waals surface area contributed by atoms with E-state index in [1.54, 1.807) is 5.51 Å². The zero-order valence-corrected chi connectivity index (χ0v) is 12.2. The van der Waals surface area contributed by atoms with E-state index in [9.17, 15) is 0 Å². The first-order valence-corrected chi connectivity index (χ1v) is 7.60. The van der Waals surface area contributed by atoms with Crippen LogP contribution in [0.5, 0.6) is 0 Å². The lowest BCUT2D eigenvalue weighted by atomic mass is 10.2. The highest BCUT2D eigenvalue weighted by atomic mass is 32.1. The molecule has 3 unspecified atom stereocenters. The van der Waals surface area contributed by atoms with Crippen molar-refractivity contribution in [1.82, 2.24) is 20.0 Å². The second kappa shape index (κ2) is 5.02. The molecule has 0 bridgehead atoms. The Morgan fingerprint density at radius 3 is 2.74 bits per heavy atom. The summed E-state index contributed by atoms with van der Waals surface area (Å²) in [4.78, 5) is 11.2. The Balaban J connectivity index is 1.82. The van der Waals surface area contributed by atoms with Crippen LogP contribution < -0.4 is 0 Å². The molecule has 0 aromatic carbocycles. The lowest BCUT2D eigenvalue weighted by Gasteiger charge is -2.30. The average Bonchev–Trinajstić information content (AvgIpc) is 3.09. The molecule has 1 fully saturated rings. The van der Waals surface area contributed by atoms with Crippen molar-refractivity contribution in [3.63, 3.8) is 0 Å². The van der Waals surface area contributed by atoms with E-state index in [0.29, 0.717) is 23.8 Å². The summed E-state index contributed by atoms with van der Waals surface area (Å²) in [5.41, 5.74) is 2.56. The van der Waals surface area contributed by atoms with Crippen LogP contribution >= 0.6 is 11.3 Å². The summed E-state index contributed by atoms with van der Waals surface area (Å²) in [7, 11) is 0. The van der Waals surface area contributed by atoms with Gasteiger partial charge in [-0.15, -0.1) is 11.3 Å². The first-order chi connectivity index (χ1) is 9.16. The van der Waals surface area contributed by atoms with E-state index < -0.39 is 0 Å². The van der Waals surface area contributed by atoms with Gasteiger partial charge in [0.15, 0.2) is 0 Å². The minimum absolute atomic E-state index is 0.160. The molecule has 102 valence electrons. The number of rotatable bonds is 3. The van der Waals surface area contributed by atoms with Crippen LogP contribution in [-0.4, -0.2) is 32.1 Å². The van der Waals surface area contributed by atoms with Gasteiger partial charge in [-0.1, -0.05) is 5.16 Å². The first kappa shape index (κ1) is 12.7. The Hall–Kier alpha value is -1.27. The Labute approximate surface area is 116 Å². The van der Waals surface area contributed by atoms with Crippen LogP contribution in [0.4, 0.5) is 0 Å². The van der Waals surface area contributed by atoms with Crippen molar-refractivity contribution in [2.45, 2.75) is 51.7 Å².